The van der Waals surface area contributed by atoms with E-state index in [1.165, 1.54) is 0 Å². The first-order chi connectivity index (χ1) is 10.3. The minimum Gasteiger partial charge on any atom is -0.496 e. The van der Waals surface area contributed by atoms with Crippen LogP contribution in [0.5, 0.6) is 5.75 Å². The molecule has 0 fully saturated rings. The van der Waals surface area contributed by atoms with Crippen molar-refractivity contribution in [2.45, 2.75) is 6.42 Å². The minimum absolute atomic E-state index is 0.589. The van der Waals surface area contributed by atoms with E-state index >= 15 is 0 Å². The first-order valence-electron chi connectivity index (χ1n) is 6.63. The van der Waals surface area contributed by atoms with Crippen LogP contribution in [-0.4, -0.2) is 21.9 Å². The molecule has 0 spiro atoms. The van der Waals surface area contributed by atoms with Crippen LogP contribution < -0.4 is 4.74 Å². The number of hydrogen-bond acceptors (Lipinski definition) is 3. The molecule has 4 nitrogen and oxygen atoms in total. The number of benzene rings is 2. The first kappa shape index (κ1) is 13.6. The summed E-state index contributed by atoms with van der Waals surface area (Å²) in [5, 5.41) is 7.22. The average molecular weight is 297 g/mol. The molecule has 0 radical (unpaired) electrons. The zero-order valence-electron chi connectivity index (χ0n) is 11.6. The van der Waals surface area contributed by atoms with Gasteiger partial charge in [0.1, 0.15) is 11.6 Å². The number of H-pyrrole nitrogens is 1. The second-order valence-corrected chi connectivity index (χ2v) is 4.99. The molecule has 3 rings (SSSR count). The molecular weight excluding hydrogens is 282 g/mol. The van der Waals surface area contributed by atoms with Crippen LogP contribution in [0.25, 0.3) is 5.69 Å². The van der Waals surface area contributed by atoms with Gasteiger partial charge in [-0.3, -0.25) is 9.67 Å². The number of nitrogens with one attached hydrogen (secondary N) is 1. The lowest BCUT2D eigenvalue weighted by molar-refractivity contribution is 0.410. The first-order valence-corrected chi connectivity index (χ1v) is 7.04. The van der Waals surface area contributed by atoms with Crippen molar-refractivity contribution in [1.29, 1.82) is 0 Å². The molecule has 5 heteroatoms. The number of ether oxygens (including phenoxy) is 1. The number of methoxy groups -OCH3 is 1. The Morgan fingerprint density at radius 3 is 2.57 bits per heavy atom. The SMILES string of the molecule is COc1ccccc1Cc1n[nH]c(=S)n1-c1ccccc1. The van der Waals surface area contributed by atoms with Gasteiger partial charge in [-0.15, -0.1) is 0 Å². The Morgan fingerprint density at radius 2 is 1.81 bits per heavy atom. The molecule has 1 heterocycles. The van der Waals surface area contributed by atoms with Gasteiger partial charge in [0, 0.05) is 17.7 Å². The predicted octanol–water partition coefficient (Wildman–Crippen LogP) is 3.53. The lowest BCUT2D eigenvalue weighted by atomic mass is 10.1. The fourth-order valence-corrected chi connectivity index (χ4v) is 2.57. The fraction of sp³-hybridized carbons (Fsp3) is 0.125. The summed E-state index contributed by atoms with van der Waals surface area (Å²) >= 11 is 5.35. The van der Waals surface area contributed by atoms with Gasteiger partial charge in [0.25, 0.3) is 0 Å². The highest BCUT2D eigenvalue weighted by atomic mass is 32.1. The van der Waals surface area contributed by atoms with Crippen LogP contribution in [0.1, 0.15) is 11.4 Å². The Hall–Kier alpha value is -2.40. The maximum Gasteiger partial charge on any atom is 0.199 e. The van der Waals surface area contributed by atoms with Gasteiger partial charge in [-0.2, -0.15) is 5.10 Å². The summed E-state index contributed by atoms with van der Waals surface area (Å²) in [4.78, 5) is 0. The maximum absolute atomic E-state index is 5.40. The Balaban J connectivity index is 2.03. The topological polar surface area (TPSA) is 42.8 Å². The van der Waals surface area contributed by atoms with Crippen LogP contribution in [0, 0.1) is 4.77 Å². The maximum atomic E-state index is 5.40. The largest absolute Gasteiger partial charge is 0.496 e. The van der Waals surface area contributed by atoms with E-state index in [9.17, 15) is 0 Å². The quantitative estimate of drug-likeness (QED) is 0.749. The van der Waals surface area contributed by atoms with Crippen LogP contribution in [0.15, 0.2) is 54.6 Å². The number of para-hydroxylation sites is 2. The molecule has 1 N–H and O–H groups in total. The van der Waals surface area contributed by atoms with Crippen LogP contribution in [0.4, 0.5) is 0 Å². The van der Waals surface area contributed by atoms with Crippen molar-refractivity contribution in [2.75, 3.05) is 7.11 Å². The molecule has 0 saturated heterocycles. The summed E-state index contributed by atoms with van der Waals surface area (Å²) in [5.41, 5.74) is 2.08. The molecule has 2 aromatic carbocycles. The van der Waals surface area contributed by atoms with Crippen molar-refractivity contribution in [1.82, 2.24) is 14.8 Å². The van der Waals surface area contributed by atoms with Crippen molar-refractivity contribution < 1.29 is 4.74 Å². The molecule has 3 aromatic rings. The van der Waals surface area contributed by atoms with E-state index in [1.807, 2.05) is 59.2 Å². The second-order valence-electron chi connectivity index (χ2n) is 4.60. The molecule has 0 aliphatic heterocycles. The van der Waals surface area contributed by atoms with Gasteiger partial charge < -0.3 is 4.74 Å². The van der Waals surface area contributed by atoms with Gasteiger partial charge >= 0.3 is 0 Å². The normalized spacial score (nSPS) is 10.5. The molecule has 0 aliphatic carbocycles. The Kier molecular flexibility index (Phi) is 3.83. The van der Waals surface area contributed by atoms with Gasteiger partial charge in [-0.05, 0) is 30.4 Å². The summed E-state index contributed by atoms with van der Waals surface area (Å²) in [5.74, 6) is 1.71. The van der Waals surface area contributed by atoms with Crippen molar-refractivity contribution >= 4 is 12.2 Å². The predicted molar refractivity (Wildman–Crippen MR) is 84.5 cm³/mol. The van der Waals surface area contributed by atoms with E-state index in [1.54, 1.807) is 7.11 Å². The second kappa shape index (κ2) is 5.93. The smallest absolute Gasteiger partial charge is 0.199 e. The summed E-state index contributed by atoms with van der Waals surface area (Å²) in [6.45, 7) is 0. The van der Waals surface area contributed by atoms with Gasteiger partial charge in [0.05, 0.1) is 7.11 Å². The third-order valence-electron chi connectivity index (χ3n) is 3.30. The van der Waals surface area contributed by atoms with Crippen molar-refractivity contribution in [3.63, 3.8) is 0 Å². The van der Waals surface area contributed by atoms with Crippen LogP contribution >= 0.6 is 12.2 Å². The number of aromatic nitrogens is 3. The summed E-state index contributed by atoms with van der Waals surface area (Å²) in [6, 6.07) is 17.9. The molecule has 0 atom stereocenters. The monoisotopic (exact) mass is 297 g/mol. The molecule has 0 bridgehead atoms. The number of nitrogens with zero attached hydrogens (tertiary/aromatic N) is 2. The van der Waals surface area contributed by atoms with Gasteiger partial charge in [0.2, 0.25) is 0 Å². The van der Waals surface area contributed by atoms with Gasteiger partial charge in [-0.25, -0.2) is 0 Å². The van der Waals surface area contributed by atoms with Crippen molar-refractivity contribution in [3.8, 4) is 11.4 Å². The Labute approximate surface area is 128 Å². The number of rotatable bonds is 4. The zero-order chi connectivity index (χ0) is 14.7. The van der Waals surface area contributed by atoms with E-state index in [0.717, 1.165) is 22.8 Å². The molecule has 0 unspecified atom stereocenters. The molecular formula is C16H15N3OS. The molecule has 0 amide bonds. The van der Waals surface area contributed by atoms with E-state index in [2.05, 4.69) is 10.2 Å². The highest BCUT2D eigenvalue weighted by Gasteiger charge is 2.11. The molecule has 0 saturated carbocycles. The lowest BCUT2D eigenvalue weighted by Gasteiger charge is -2.09. The molecule has 106 valence electrons. The van der Waals surface area contributed by atoms with Gasteiger partial charge in [0.15, 0.2) is 4.77 Å². The highest BCUT2D eigenvalue weighted by molar-refractivity contribution is 7.71. The summed E-state index contributed by atoms with van der Waals surface area (Å²) in [6.07, 6.45) is 0.645. The van der Waals surface area contributed by atoms with Gasteiger partial charge in [-0.1, -0.05) is 36.4 Å². The molecule has 21 heavy (non-hydrogen) atoms. The number of aromatic amines is 1. The Morgan fingerprint density at radius 1 is 1.10 bits per heavy atom. The Bertz CT molecular complexity index is 793. The van der Waals surface area contributed by atoms with Crippen LogP contribution in [0.3, 0.4) is 0 Å². The zero-order valence-corrected chi connectivity index (χ0v) is 12.4. The third kappa shape index (κ3) is 2.73. The highest BCUT2D eigenvalue weighted by Crippen LogP contribution is 2.21. The molecule has 0 aliphatic rings. The summed E-state index contributed by atoms with van der Waals surface area (Å²) < 4.78 is 7.93. The van der Waals surface area contributed by atoms with E-state index in [-0.39, 0.29) is 0 Å². The van der Waals surface area contributed by atoms with E-state index in [4.69, 9.17) is 17.0 Å². The van der Waals surface area contributed by atoms with Crippen molar-refractivity contribution in [2.24, 2.45) is 0 Å². The number of hydrogen-bond donors (Lipinski definition) is 1. The van der Waals surface area contributed by atoms with E-state index in [0.29, 0.717) is 11.2 Å². The van der Waals surface area contributed by atoms with Crippen LogP contribution in [-0.2, 0) is 6.42 Å². The van der Waals surface area contributed by atoms with E-state index < -0.39 is 0 Å². The lowest BCUT2D eigenvalue weighted by Crippen LogP contribution is -2.03. The van der Waals surface area contributed by atoms with Crippen LogP contribution in [0.2, 0.25) is 0 Å². The fourth-order valence-electron chi connectivity index (χ4n) is 2.31. The third-order valence-corrected chi connectivity index (χ3v) is 3.57. The van der Waals surface area contributed by atoms with Crippen molar-refractivity contribution in [3.05, 3.63) is 70.8 Å². The average Bonchev–Trinajstić information content (AvgIpc) is 2.89. The summed E-state index contributed by atoms with van der Waals surface area (Å²) in [7, 11) is 1.67. The standard InChI is InChI=1S/C16H15N3OS/c1-20-14-10-6-5-7-12(14)11-15-17-18-16(21)19(15)13-8-3-2-4-9-13/h2-10H,11H2,1H3,(H,18,21). The molecule has 1 aromatic heterocycles. The minimum atomic E-state index is 0.589.